The smallest absolute Gasteiger partial charge is 0.272 e. The zero-order valence-corrected chi connectivity index (χ0v) is 19.5. The molecule has 4 rings (SSSR count). The van der Waals surface area contributed by atoms with Gasteiger partial charge in [-0.25, -0.2) is 0 Å². The number of nitrogens with one attached hydrogen (secondary N) is 2. The Hall–Kier alpha value is -3.86. The number of H-pyrrole nitrogens is 1. The maximum absolute atomic E-state index is 13.0. The summed E-state index contributed by atoms with van der Waals surface area (Å²) in [5, 5.41) is 16.7. The number of amides is 1. The number of thiophene rings is 1. The van der Waals surface area contributed by atoms with E-state index in [4.69, 9.17) is 14.2 Å². The van der Waals surface area contributed by atoms with Crippen LogP contribution in [0.5, 0.6) is 17.2 Å². The first-order valence-electron chi connectivity index (χ1n) is 10.1. The Labute approximate surface area is 194 Å². The van der Waals surface area contributed by atoms with Crippen LogP contribution in [0.4, 0.5) is 11.6 Å². The molecule has 2 aromatic carbocycles. The van der Waals surface area contributed by atoms with E-state index in [1.54, 1.807) is 14.2 Å². The number of methoxy groups -OCH3 is 2. The molecule has 1 amide bonds. The Bertz CT molecular complexity index is 1240. The van der Waals surface area contributed by atoms with Crippen molar-refractivity contribution in [3.63, 3.8) is 0 Å². The minimum Gasteiger partial charge on any atom is -0.493 e. The van der Waals surface area contributed by atoms with Crippen molar-refractivity contribution < 1.29 is 19.0 Å². The summed E-state index contributed by atoms with van der Waals surface area (Å²) < 4.78 is 17.8. The average molecular weight is 469 g/mol. The van der Waals surface area contributed by atoms with Gasteiger partial charge in [0.15, 0.2) is 17.2 Å². The van der Waals surface area contributed by atoms with Gasteiger partial charge < -0.3 is 19.1 Å². The molecule has 10 nitrogen and oxygen atoms in total. The summed E-state index contributed by atoms with van der Waals surface area (Å²) in [6.07, 6.45) is 0.685. The Morgan fingerprint density at radius 3 is 2.48 bits per heavy atom. The molecule has 0 aliphatic carbocycles. The third kappa shape index (κ3) is 4.82. The monoisotopic (exact) mass is 468 g/mol. The van der Waals surface area contributed by atoms with Gasteiger partial charge >= 0.3 is 0 Å². The zero-order valence-electron chi connectivity index (χ0n) is 18.7. The number of fused-ring (bicyclic) bond motifs is 1. The highest BCUT2D eigenvalue weighted by atomic mass is 32.1. The van der Waals surface area contributed by atoms with Gasteiger partial charge in [-0.3, -0.25) is 10.1 Å². The molecule has 4 aromatic rings. The van der Waals surface area contributed by atoms with Crippen LogP contribution >= 0.6 is 11.3 Å². The van der Waals surface area contributed by atoms with Crippen molar-refractivity contribution in [2.75, 3.05) is 45.1 Å². The first-order chi connectivity index (χ1) is 16.0. The summed E-state index contributed by atoms with van der Waals surface area (Å²) >= 11 is 1.29. The van der Waals surface area contributed by atoms with Crippen LogP contribution in [0.1, 0.15) is 15.2 Å². The molecule has 0 aliphatic heterocycles. The standard InChI is InChI=1S/C22H24N6O4S/c1-28(2)14-7-5-13(6-8-14)9-10-32-19-15-11-16(30-3)17(31-4)12-18(15)33-20(19)21(29)23-22-24-26-27-25-22/h5-8,11-12H,9-10H2,1-4H3,(H2,23,24,25,26,27,29). The Balaban J connectivity index is 1.62. The van der Waals surface area contributed by atoms with Gasteiger partial charge in [-0.15, -0.1) is 16.4 Å². The van der Waals surface area contributed by atoms with Gasteiger partial charge in [0.1, 0.15) is 4.88 Å². The summed E-state index contributed by atoms with van der Waals surface area (Å²) in [6.45, 7) is 0.393. The van der Waals surface area contributed by atoms with Gasteiger partial charge in [0.05, 0.1) is 20.8 Å². The highest BCUT2D eigenvalue weighted by Crippen LogP contribution is 2.43. The summed E-state index contributed by atoms with van der Waals surface area (Å²) in [5.41, 5.74) is 2.27. The minimum absolute atomic E-state index is 0.0829. The molecular formula is C22H24N6O4S. The molecule has 0 saturated heterocycles. The first kappa shape index (κ1) is 22.3. The third-order valence-electron chi connectivity index (χ3n) is 5.02. The lowest BCUT2D eigenvalue weighted by molar-refractivity contribution is 0.102. The fraction of sp³-hybridized carbons (Fsp3) is 0.273. The van der Waals surface area contributed by atoms with E-state index < -0.39 is 0 Å². The number of tetrazole rings is 1. The molecule has 2 N–H and O–H groups in total. The predicted octanol–water partition coefficient (Wildman–Crippen LogP) is 3.37. The highest BCUT2D eigenvalue weighted by molar-refractivity contribution is 7.21. The number of carbonyl (C=O) groups excluding carboxylic acids is 1. The van der Waals surface area contributed by atoms with Crippen LogP contribution in [0.15, 0.2) is 36.4 Å². The largest absolute Gasteiger partial charge is 0.493 e. The second-order valence-electron chi connectivity index (χ2n) is 7.31. The third-order valence-corrected chi connectivity index (χ3v) is 6.15. The fourth-order valence-electron chi connectivity index (χ4n) is 3.30. The molecule has 0 spiro atoms. The van der Waals surface area contributed by atoms with Gasteiger partial charge in [-0.1, -0.05) is 17.2 Å². The molecule has 33 heavy (non-hydrogen) atoms. The van der Waals surface area contributed by atoms with E-state index in [9.17, 15) is 4.79 Å². The van der Waals surface area contributed by atoms with Crippen molar-refractivity contribution in [2.24, 2.45) is 0 Å². The molecule has 0 unspecified atom stereocenters. The average Bonchev–Trinajstić information content (AvgIpc) is 3.46. The fourth-order valence-corrected chi connectivity index (χ4v) is 4.35. The molecule has 11 heteroatoms. The predicted molar refractivity (Wildman–Crippen MR) is 127 cm³/mol. The Kier molecular flexibility index (Phi) is 6.59. The maximum atomic E-state index is 13.0. The van der Waals surface area contributed by atoms with E-state index in [0.717, 1.165) is 21.3 Å². The number of rotatable bonds is 9. The van der Waals surface area contributed by atoms with Gasteiger partial charge in [0, 0.05) is 42.4 Å². The lowest BCUT2D eigenvalue weighted by atomic mass is 10.1. The van der Waals surface area contributed by atoms with Crippen LogP contribution in [-0.2, 0) is 6.42 Å². The van der Waals surface area contributed by atoms with Crippen LogP contribution in [0, 0.1) is 0 Å². The van der Waals surface area contributed by atoms with Gasteiger partial charge in [0.2, 0.25) is 0 Å². The number of ether oxygens (including phenoxy) is 3. The summed E-state index contributed by atoms with van der Waals surface area (Å²) in [6, 6.07) is 11.9. The van der Waals surface area contributed by atoms with Crippen molar-refractivity contribution in [3.8, 4) is 17.2 Å². The number of aromatic nitrogens is 4. The second-order valence-corrected chi connectivity index (χ2v) is 8.36. The van der Waals surface area contributed by atoms with Crippen LogP contribution in [0.2, 0.25) is 0 Å². The molecule has 0 aliphatic rings. The molecule has 0 radical (unpaired) electrons. The second kappa shape index (κ2) is 9.74. The normalized spacial score (nSPS) is 10.8. The van der Waals surface area contributed by atoms with Crippen LogP contribution in [0.25, 0.3) is 10.1 Å². The van der Waals surface area contributed by atoms with Crippen molar-refractivity contribution in [1.29, 1.82) is 0 Å². The van der Waals surface area contributed by atoms with E-state index >= 15 is 0 Å². The van der Waals surface area contributed by atoms with E-state index in [1.165, 1.54) is 11.3 Å². The number of hydrogen-bond acceptors (Lipinski definition) is 9. The van der Waals surface area contributed by atoms with Gasteiger partial charge in [-0.05, 0) is 29.0 Å². The van der Waals surface area contributed by atoms with Crippen molar-refractivity contribution in [1.82, 2.24) is 20.6 Å². The first-order valence-corrected chi connectivity index (χ1v) is 10.9. The molecule has 0 saturated carbocycles. The summed E-state index contributed by atoms with van der Waals surface area (Å²) in [4.78, 5) is 15.4. The SMILES string of the molecule is COc1cc2sc(C(=O)Nc3nn[nH]n3)c(OCCc3ccc(N(C)C)cc3)c2cc1OC. The van der Waals surface area contributed by atoms with Crippen molar-refractivity contribution in [2.45, 2.75) is 6.42 Å². The van der Waals surface area contributed by atoms with E-state index in [-0.39, 0.29) is 11.9 Å². The van der Waals surface area contributed by atoms with Gasteiger partial charge in [0.25, 0.3) is 11.9 Å². The molecule has 2 heterocycles. The highest BCUT2D eigenvalue weighted by Gasteiger charge is 2.23. The lowest BCUT2D eigenvalue weighted by Crippen LogP contribution is -2.13. The lowest BCUT2D eigenvalue weighted by Gasteiger charge is -2.13. The number of hydrogen-bond donors (Lipinski definition) is 2. The van der Waals surface area contributed by atoms with E-state index in [1.807, 2.05) is 31.1 Å². The molecule has 172 valence electrons. The number of anilines is 2. The van der Waals surface area contributed by atoms with E-state index in [2.05, 4.69) is 50.2 Å². The number of nitrogens with zero attached hydrogens (tertiary/aromatic N) is 4. The Morgan fingerprint density at radius 1 is 1.12 bits per heavy atom. The van der Waals surface area contributed by atoms with Crippen molar-refractivity contribution in [3.05, 3.63) is 46.8 Å². The summed E-state index contributed by atoms with van der Waals surface area (Å²) in [7, 11) is 7.15. The number of benzene rings is 2. The minimum atomic E-state index is -0.388. The van der Waals surface area contributed by atoms with Crippen LogP contribution in [0.3, 0.4) is 0 Å². The zero-order chi connectivity index (χ0) is 23.4. The molecule has 2 aromatic heterocycles. The Morgan fingerprint density at radius 2 is 1.85 bits per heavy atom. The topological polar surface area (TPSA) is 114 Å². The molecule has 0 bridgehead atoms. The van der Waals surface area contributed by atoms with Crippen LogP contribution in [-0.4, -0.2) is 61.5 Å². The van der Waals surface area contributed by atoms with Gasteiger partial charge in [-0.2, -0.15) is 5.21 Å². The molecule has 0 fully saturated rings. The maximum Gasteiger partial charge on any atom is 0.272 e. The van der Waals surface area contributed by atoms with Crippen molar-refractivity contribution >= 4 is 39.0 Å². The number of aromatic amines is 1. The molecular weight excluding hydrogens is 444 g/mol. The quantitative estimate of drug-likeness (QED) is 0.384. The number of carbonyl (C=O) groups is 1. The summed E-state index contributed by atoms with van der Waals surface area (Å²) in [5.74, 6) is 1.29. The molecule has 0 atom stereocenters. The van der Waals surface area contributed by atoms with Crippen LogP contribution < -0.4 is 24.4 Å². The van der Waals surface area contributed by atoms with E-state index in [0.29, 0.717) is 35.2 Å².